The van der Waals surface area contributed by atoms with E-state index < -0.39 is 0 Å². The second-order valence-corrected chi connectivity index (χ2v) is 7.98. The lowest BCUT2D eigenvalue weighted by Gasteiger charge is -2.16. The highest BCUT2D eigenvalue weighted by Gasteiger charge is 2.27. The van der Waals surface area contributed by atoms with E-state index in [1.165, 1.54) is 9.80 Å². The summed E-state index contributed by atoms with van der Waals surface area (Å²) in [5.74, 6) is 1.48. The van der Waals surface area contributed by atoms with Crippen LogP contribution in [0.3, 0.4) is 0 Å². The highest BCUT2D eigenvalue weighted by Crippen LogP contribution is 2.39. The molecule has 1 aliphatic rings. The van der Waals surface area contributed by atoms with E-state index in [0.29, 0.717) is 30.1 Å². The fourth-order valence-corrected chi connectivity index (χ4v) is 4.08. The lowest BCUT2D eigenvalue weighted by atomic mass is 10.1. The third-order valence-corrected chi connectivity index (χ3v) is 6.18. The molecule has 0 heterocycles. The molecule has 1 aliphatic carbocycles. The molecule has 6 nitrogen and oxygen atoms in total. The van der Waals surface area contributed by atoms with E-state index in [2.05, 4.69) is 20.8 Å². The van der Waals surface area contributed by atoms with Crippen molar-refractivity contribution >= 4 is 5.78 Å². The van der Waals surface area contributed by atoms with E-state index in [1.54, 1.807) is 0 Å². The zero-order valence-corrected chi connectivity index (χ0v) is 19.0. The lowest BCUT2D eigenvalue weighted by molar-refractivity contribution is -0.898. The van der Waals surface area contributed by atoms with Gasteiger partial charge in [0.1, 0.15) is 44.3 Å². The summed E-state index contributed by atoms with van der Waals surface area (Å²) in [5, 5.41) is 9.11. The smallest absolute Gasteiger partial charge is 0.194 e. The van der Waals surface area contributed by atoms with Crippen molar-refractivity contribution in [1.29, 1.82) is 0 Å². The van der Waals surface area contributed by atoms with Crippen molar-refractivity contribution in [2.45, 2.75) is 20.8 Å². The molecule has 2 aromatic carbocycles. The Morgan fingerprint density at radius 3 is 1.65 bits per heavy atom. The van der Waals surface area contributed by atoms with Crippen LogP contribution in [0.5, 0.6) is 11.5 Å². The number of carbonyl (C=O) groups is 1. The van der Waals surface area contributed by atoms with E-state index in [9.17, 15) is 4.79 Å². The number of aliphatic hydroxyl groups excluding tert-OH is 1. The van der Waals surface area contributed by atoms with Crippen LogP contribution in [0.15, 0.2) is 36.4 Å². The van der Waals surface area contributed by atoms with Gasteiger partial charge in [-0.2, -0.15) is 0 Å². The van der Waals surface area contributed by atoms with E-state index in [-0.39, 0.29) is 12.4 Å². The SMILES string of the molecule is CC[NH+](CC)CCOc1ccc2c(c1)C(=O)c1cc(OCC[NH+](CC)CCO)ccc1-2. The first-order valence-electron chi connectivity index (χ1n) is 11.5. The lowest BCUT2D eigenvalue weighted by Crippen LogP contribution is -3.12. The Bertz CT molecular complexity index is 880. The molecule has 0 spiro atoms. The first kappa shape index (κ1) is 23.3. The fourth-order valence-electron chi connectivity index (χ4n) is 4.08. The van der Waals surface area contributed by atoms with Crippen molar-refractivity contribution in [2.24, 2.45) is 0 Å². The third kappa shape index (κ3) is 5.64. The molecule has 0 saturated carbocycles. The second-order valence-electron chi connectivity index (χ2n) is 7.98. The number of quaternary nitrogens is 2. The largest absolute Gasteiger partial charge is 0.488 e. The monoisotopic (exact) mass is 428 g/mol. The number of carbonyl (C=O) groups excluding carboxylic acids is 1. The van der Waals surface area contributed by atoms with Crippen molar-refractivity contribution in [1.82, 2.24) is 0 Å². The Morgan fingerprint density at radius 2 is 1.19 bits per heavy atom. The first-order chi connectivity index (χ1) is 15.1. The molecular weight excluding hydrogens is 392 g/mol. The number of fused-ring (bicyclic) bond motifs is 3. The van der Waals surface area contributed by atoms with E-state index >= 15 is 0 Å². The molecule has 0 saturated heterocycles. The van der Waals surface area contributed by atoms with Crippen molar-refractivity contribution in [3.05, 3.63) is 47.5 Å². The number of benzene rings is 2. The Hall–Kier alpha value is -2.41. The zero-order chi connectivity index (χ0) is 22.2. The average Bonchev–Trinajstić information content (AvgIpc) is 3.07. The predicted molar refractivity (Wildman–Crippen MR) is 122 cm³/mol. The van der Waals surface area contributed by atoms with Gasteiger partial charge < -0.3 is 24.4 Å². The van der Waals surface area contributed by atoms with Crippen molar-refractivity contribution < 1.29 is 29.2 Å². The fraction of sp³-hybridized carbons (Fsp3) is 0.480. The molecule has 0 bridgehead atoms. The summed E-state index contributed by atoms with van der Waals surface area (Å²) in [7, 11) is 0. The third-order valence-electron chi connectivity index (χ3n) is 6.18. The molecule has 2 aromatic rings. The van der Waals surface area contributed by atoms with Crippen LogP contribution >= 0.6 is 0 Å². The van der Waals surface area contributed by atoms with Gasteiger partial charge >= 0.3 is 0 Å². The second kappa shape index (κ2) is 11.3. The maximum absolute atomic E-state index is 13.0. The van der Waals surface area contributed by atoms with Gasteiger partial charge in [0, 0.05) is 11.1 Å². The Balaban J connectivity index is 1.64. The van der Waals surface area contributed by atoms with Gasteiger partial charge in [0.2, 0.25) is 0 Å². The molecule has 3 rings (SSSR count). The van der Waals surface area contributed by atoms with Crippen molar-refractivity contribution in [3.63, 3.8) is 0 Å². The number of hydrogen-bond acceptors (Lipinski definition) is 4. The molecule has 0 fully saturated rings. The van der Waals surface area contributed by atoms with Gasteiger partial charge in [0.15, 0.2) is 5.78 Å². The number of nitrogens with one attached hydrogen (secondary N) is 2. The van der Waals surface area contributed by atoms with Crippen LogP contribution < -0.4 is 19.3 Å². The number of aliphatic hydroxyl groups is 1. The molecule has 1 unspecified atom stereocenters. The average molecular weight is 429 g/mol. The van der Waals surface area contributed by atoms with Gasteiger partial charge in [-0.05, 0) is 68.3 Å². The highest BCUT2D eigenvalue weighted by atomic mass is 16.5. The Morgan fingerprint density at radius 1 is 0.710 bits per heavy atom. The molecular formula is C25H36N2O4+2. The van der Waals surface area contributed by atoms with Gasteiger partial charge in [-0.1, -0.05) is 0 Å². The number of rotatable bonds is 13. The Kier molecular flexibility index (Phi) is 8.46. The van der Waals surface area contributed by atoms with Gasteiger partial charge in [-0.25, -0.2) is 0 Å². The van der Waals surface area contributed by atoms with Gasteiger partial charge in [-0.15, -0.1) is 0 Å². The number of ketones is 1. The summed E-state index contributed by atoms with van der Waals surface area (Å²) in [5.41, 5.74) is 3.29. The molecule has 3 N–H and O–H groups in total. The van der Waals surface area contributed by atoms with Crippen LogP contribution in [0.4, 0.5) is 0 Å². The first-order valence-corrected chi connectivity index (χ1v) is 11.5. The summed E-state index contributed by atoms with van der Waals surface area (Å²) in [6, 6.07) is 11.5. The molecule has 0 radical (unpaired) electrons. The van der Waals surface area contributed by atoms with Crippen LogP contribution in [0, 0.1) is 0 Å². The molecule has 31 heavy (non-hydrogen) atoms. The molecule has 1 atom stereocenters. The quantitative estimate of drug-likeness (QED) is 0.371. The summed E-state index contributed by atoms with van der Waals surface area (Å²) >= 11 is 0. The summed E-state index contributed by atoms with van der Waals surface area (Å²) in [4.78, 5) is 15.8. The molecule has 168 valence electrons. The molecule has 0 amide bonds. The highest BCUT2D eigenvalue weighted by molar-refractivity contribution is 6.22. The summed E-state index contributed by atoms with van der Waals surface area (Å²) in [6.07, 6.45) is 0. The molecule has 6 heteroatoms. The minimum Gasteiger partial charge on any atom is -0.488 e. The van der Waals surface area contributed by atoms with Crippen LogP contribution in [-0.4, -0.2) is 70.0 Å². The van der Waals surface area contributed by atoms with Crippen LogP contribution in [0.25, 0.3) is 11.1 Å². The Labute approximate surface area is 185 Å². The minimum atomic E-state index is 0.0244. The van der Waals surface area contributed by atoms with E-state index in [1.807, 2.05) is 36.4 Å². The summed E-state index contributed by atoms with van der Waals surface area (Å²) < 4.78 is 11.8. The topological polar surface area (TPSA) is 64.6 Å². The predicted octanol–water partition coefficient (Wildman–Crippen LogP) is 0.477. The maximum atomic E-state index is 13.0. The normalized spacial score (nSPS) is 13.3. The molecule has 0 aliphatic heterocycles. The van der Waals surface area contributed by atoms with Gasteiger partial charge in [-0.3, -0.25) is 4.79 Å². The number of ether oxygens (including phenoxy) is 2. The van der Waals surface area contributed by atoms with Crippen molar-refractivity contribution in [2.75, 3.05) is 59.1 Å². The summed E-state index contributed by atoms with van der Waals surface area (Å²) in [6.45, 7) is 13.4. The standard InChI is InChI=1S/C25H34N2O4/c1-4-26(5-2)12-15-30-19-7-9-21-22-10-8-20(18-24(22)25(29)23(21)17-19)31-16-13-27(6-3)11-14-28/h7-10,17-18,28H,4-6,11-16H2,1-3H3/p+2. The van der Waals surface area contributed by atoms with Crippen LogP contribution in [0.2, 0.25) is 0 Å². The van der Waals surface area contributed by atoms with E-state index in [4.69, 9.17) is 14.6 Å². The maximum Gasteiger partial charge on any atom is 0.194 e. The zero-order valence-electron chi connectivity index (χ0n) is 19.0. The van der Waals surface area contributed by atoms with Crippen molar-refractivity contribution in [3.8, 4) is 22.6 Å². The van der Waals surface area contributed by atoms with Crippen LogP contribution in [-0.2, 0) is 0 Å². The number of hydrogen-bond donors (Lipinski definition) is 3. The van der Waals surface area contributed by atoms with Gasteiger partial charge in [0.05, 0.1) is 26.2 Å². The van der Waals surface area contributed by atoms with Gasteiger partial charge in [0.25, 0.3) is 0 Å². The minimum absolute atomic E-state index is 0.0244. The van der Waals surface area contributed by atoms with Crippen LogP contribution in [0.1, 0.15) is 36.7 Å². The molecule has 0 aromatic heterocycles. The van der Waals surface area contributed by atoms with E-state index in [0.717, 1.165) is 56.1 Å². The number of likely N-dealkylation sites (N-methyl/N-ethyl adjacent to an activating group) is 2.